The molecule has 2 aliphatic rings. The van der Waals surface area contributed by atoms with Crippen molar-refractivity contribution in [2.45, 2.75) is 78.1 Å². The summed E-state index contributed by atoms with van der Waals surface area (Å²) >= 11 is -2.82. The average molecular weight is 786 g/mol. The van der Waals surface area contributed by atoms with Crippen LogP contribution in [0.25, 0.3) is 11.1 Å². The molecule has 226 valence electrons. The molecule has 2 aliphatic carbocycles. The van der Waals surface area contributed by atoms with Crippen LogP contribution in [0.1, 0.15) is 81.3 Å². The molecule has 0 N–H and O–H groups in total. The Labute approximate surface area is 285 Å². The Morgan fingerprint density at radius 1 is 0.682 bits per heavy atom. The van der Waals surface area contributed by atoms with Gasteiger partial charge in [-0.15, -0.1) is 0 Å². The van der Waals surface area contributed by atoms with Crippen LogP contribution in [0.15, 0.2) is 113 Å². The topological polar surface area (TPSA) is 0 Å². The number of hydrogen-bond donors (Lipinski definition) is 0. The quantitative estimate of drug-likeness (QED) is 0.231. The molecule has 0 saturated heterocycles. The first-order valence-electron chi connectivity index (χ1n) is 15.6. The van der Waals surface area contributed by atoms with Crippen LogP contribution in [0, 0.1) is 0 Å². The number of halogens is 2. The van der Waals surface area contributed by atoms with Gasteiger partial charge in [-0.05, 0) is 0 Å². The van der Waals surface area contributed by atoms with Crippen LogP contribution in [-0.4, -0.2) is 3.26 Å². The van der Waals surface area contributed by atoms with Gasteiger partial charge in [0.2, 0.25) is 0 Å². The maximum absolute atomic E-state index is 2.82. The van der Waals surface area contributed by atoms with Crippen LogP contribution in [-0.2, 0) is 51.0 Å². The Balaban J connectivity index is 0.00000221. The van der Waals surface area contributed by atoms with Crippen molar-refractivity contribution in [2.75, 3.05) is 0 Å². The van der Waals surface area contributed by atoms with Crippen LogP contribution in [0.2, 0.25) is 0 Å². The van der Waals surface area contributed by atoms with E-state index >= 15 is 0 Å². The van der Waals surface area contributed by atoms with E-state index < -0.39 is 21.0 Å². The summed E-state index contributed by atoms with van der Waals surface area (Å²) in [4.78, 5) is 0. The fraction of sp³-hybridized carbons (Fsp3) is 0.293. The Hall–Kier alpha value is -2.32. The van der Waals surface area contributed by atoms with Crippen LogP contribution in [0.3, 0.4) is 0 Å². The molecule has 0 amide bonds. The molecule has 0 fully saturated rings. The van der Waals surface area contributed by atoms with E-state index in [1.165, 1.54) is 33.4 Å². The first-order valence-corrected chi connectivity index (χ1v) is 20.9. The summed E-state index contributed by atoms with van der Waals surface area (Å²) in [6.45, 7) is 14.3. The number of fused-ring (bicyclic) bond motifs is 3. The average Bonchev–Trinajstić information content (AvgIpc) is 3.61. The molecule has 0 bridgehead atoms. The monoisotopic (exact) mass is 786 g/mol. The van der Waals surface area contributed by atoms with Gasteiger partial charge in [0.1, 0.15) is 0 Å². The molecule has 0 aromatic heterocycles. The summed E-state index contributed by atoms with van der Waals surface area (Å²) in [5.74, 6) is 0. The smallest absolute Gasteiger partial charge is 1.00 e. The molecule has 0 radical (unpaired) electrons. The molecular weight excluding hydrogens is 742 g/mol. The van der Waals surface area contributed by atoms with Crippen LogP contribution in [0.4, 0.5) is 0 Å². The molecule has 0 heterocycles. The van der Waals surface area contributed by atoms with Crippen molar-refractivity contribution < 1.29 is 45.8 Å². The zero-order valence-electron chi connectivity index (χ0n) is 27.0. The third-order valence-corrected chi connectivity index (χ3v) is 20.3. The molecule has 0 aliphatic heterocycles. The van der Waals surface area contributed by atoms with Gasteiger partial charge in [-0.25, -0.2) is 0 Å². The van der Waals surface area contributed by atoms with Crippen LogP contribution in [0.5, 0.6) is 0 Å². The zero-order chi connectivity index (χ0) is 29.5. The van der Waals surface area contributed by atoms with E-state index in [-0.39, 0.29) is 35.6 Å². The number of allylic oxidation sites excluding steroid dienone is 4. The van der Waals surface area contributed by atoms with Gasteiger partial charge in [-0.3, -0.25) is 0 Å². The van der Waals surface area contributed by atoms with Gasteiger partial charge >= 0.3 is 263 Å². The van der Waals surface area contributed by atoms with E-state index in [1.807, 2.05) is 0 Å². The third-order valence-electron chi connectivity index (χ3n) is 8.97. The number of benzene rings is 4. The first-order chi connectivity index (χ1) is 20.1. The molecule has 4 aromatic carbocycles. The van der Waals surface area contributed by atoms with Crippen molar-refractivity contribution in [3.05, 3.63) is 146 Å². The van der Waals surface area contributed by atoms with E-state index in [4.69, 9.17) is 0 Å². The van der Waals surface area contributed by atoms with E-state index in [1.54, 1.807) is 21.0 Å². The summed E-state index contributed by atoms with van der Waals surface area (Å²) < 4.78 is 5.32. The van der Waals surface area contributed by atoms with Gasteiger partial charge in [-0.2, -0.15) is 0 Å². The predicted octanol–water partition coefficient (Wildman–Crippen LogP) is 3.61. The summed E-state index contributed by atoms with van der Waals surface area (Å²) in [6, 6.07) is 34.7. The van der Waals surface area contributed by atoms with Crippen LogP contribution >= 0.6 is 0 Å². The van der Waals surface area contributed by atoms with Gasteiger partial charge in [0, 0.05) is 0 Å². The van der Waals surface area contributed by atoms with Crippen molar-refractivity contribution in [2.24, 2.45) is 0 Å². The van der Waals surface area contributed by atoms with Gasteiger partial charge < -0.3 is 24.8 Å². The minimum absolute atomic E-state index is 0. The predicted molar refractivity (Wildman–Crippen MR) is 179 cm³/mol. The second-order valence-electron chi connectivity index (χ2n) is 14.2. The Morgan fingerprint density at radius 2 is 1.27 bits per heavy atom. The second-order valence-corrected chi connectivity index (χ2v) is 23.5. The number of hydrogen-bond acceptors (Lipinski definition) is 0. The Morgan fingerprint density at radius 3 is 1.80 bits per heavy atom. The summed E-state index contributed by atoms with van der Waals surface area (Å²) in [5.41, 5.74) is 12.2. The fourth-order valence-electron chi connectivity index (χ4n) is 6.77. The Kier molecular flexibility index (Phi) is 11.0. The molecule has 0 saturated carbocycles. The van der Waals surface area contributed by atoms with E-state index in [9.17, 15) is 0 Å². The Bertz CT molecular complexity index is 1670. The van der Waals surface area contributed by atoms with E-state index in [0.717, 1.165) is 25.7 Å². The van der Waals surface area contributed by atoms with Crippen molar-refractivity contribution in [1.82, 2.24) is 0 Å². The molecular formula is C41H44Cl2Hf. The largest absolute Gasteiger partial charge is 1.00 e. The molecule has 3 heteroatoms. The van der Waals surface area contributed by atoms with Gasteiger partial charge in [-0.1, -0.05) is 0 Å². The van der Waals surface area contributed by atoms with Crippen LogP contribution < -0.4 is 28.1 Å². The molecule has 0 spiro atoms. The van der Waals surface area contributed by atoms with E-state index in [0.29, 0.717) is 0 Å². The SMILES string of the molecule is CC(C)(C)c1ccc2c(c1)Cc1c-2ccc(C(C)(C)C)[c]1[Hf+2]([C]1=CC=CC1)=[C](Cc1ccccc1)Cc1ccccc1.[Cl-].[Cl-]. The second kappa shape index (κ2) is 14.0. The molecule has 0 atom stereocenters. The maximum Gasteiger partial charge on any atom is -1.00 e. The molecule has 44 heavy (non-hydrogen) atoms. The summed E-state index contributed by atoms with van der Waals surface area (Å²) in [5, 5.41) is 0. The third kappa shape index (κ3) is 7.22. The minimum atomic E-state index is -2.82. The molecule has 0 nitrogen and oxygen atoms in total. The first kappa shape index (κ1) is 34.6. The van der Waals surface area contributed by atoms with E-state index in [2.05, 4.69) is 151 Å². The molecule has 0 unspecified atom stereocenters. The van der Waals surface area contributed by atoms with Crippen molar-refractivity contribution >= 4 is 6.58 Å². The van der Waals surface area contributed by atoms with Gasteiger partial charge in [0.05, 0.1) is 0 Å². The summed E-state index contributed by atoms with van der Waals surface area (Å²) in [7, 11) is 0. The zero-order valence-corrected chi connectivity index (χ0v) is 32.1. The summed E-state index contributed by atoms with van der Waals surface area (Å²) in [6.07, 6.45) is 11.5. The van der Waals surface area contributed by atoms with Crippen molar-refractivity contribution in [3.63, 3.8) is 0 Å². The standard InChI is InChI=1S/C21H25.C15H14.C5H5.2ClH.Hf/c1-20(2,3)16-7-9-18-14(12-16)11-15-13-17(21(4,5)6)8-10-19(15)18;1-3-8-14(9-4-1)12-7-13-15-10-5-2-6-11-15;1-2-4-5-3-1;;;/h7-10,12H,11H2,1-6H3;1-6,8-11H,12-13H2;1-3H,4H2;2*1H;/q;;;;;+2/p-2. The fourth-order valence-corrected chi connectivity index (χ4v) is 20.2. The van der Waals surface area contributed by atoms with Crippen molar-refractivity contribution in [1.29, 1.82) is 0 Å². The molecule has 6 rings (SSSR count). The maximum atomic E-state index is 2.51. The normalized spacial score (nSPS) is 13.2. The van der Waals surface area contributed by atoms with Gasteiger partial charge in [0.25, 0.3) is 0 Å². The van der Waals surface area contributed by atoms with Gasteiger partial charge in [0.15, 0.2) is 0 Å². The van der Waals surface area contributed by atoms with Crippen molar-refractivity contribution in [3.8, 4) is 11.1 Å². The number of rotatable bonds is 6. The molecule has 4 aromatic rings. The minimum Gasteiger partial charge on any atom is -1.00 e.